The van der Waals surface area contributed by atoms with Crippen molar-refractivity contribution in [3.05, 3.63) is 77.5 Å². The van der Waals surface area contributed by atoms with E-state index >= 15 is 0 Å². The number of nitrogens with two attached hydrogens (primary N) is 1. The number of pyridine rings is 1. The minimum absolute atomic E-state index is 0.0218. The van der Waals surface area contributed by atoms with Gasteiger partial charge in [-0.1, -0.05) is 36.4 Å². The number of hydrogen-bond donors (Lipinski definition) is 4. The number of amides is 2. The lowest BCUT2D eigenvalue weighted by Gasteiger charge is -2.14. The molecule has 0 aliphatic carbocycles. The molecule has 7 nitrogen and oxygen atoms in total. The lowest BCUT2D eigenvalue weighted by Crippen LogP contribution is -2.30. The zero-order valence-electron chi connectivity index (χ0n) is 17.7. The number of carbonyl (C=O) groups is 2. The van der Waals surface area contributed by atoms with Crippen molar-refractivity contribution in [1.82, 2.24) is 10.3 Å². The van der Waals surface area contributed by atoms with Crippen LogP contribution in [0.15, 0.2) is 60.8 Å². The van der Waals surface area contributed by atoms with Gasteiger partial charge in [0.1, 0.15) is 5.82 Å². The number of benzene rings is 2. The Morgan fingerprint density at radius 2 is 1.77 bits per heavy atom. The molecule has 3 aromatic rings. The van der Waals surface area contributed by atoms with Crippen molar-refractivity contribution in [2.24, 2.45) is 0 Å². The van der Waals surface area contributed by atoms with E-state index in [0.717, 1.165) is 16.7 Å². The van der Waals surface area contributed by atoms with Gasteiger partial charge in [-0.25, -0.2) is 4.98 Å². The summed E-state index contributed by atoms with van der Waals surface area (Å²) in [5.74, 6) is -0.628. The third-order valence-electron chi connectivity index (χ3n) is 4.75. The Kier molecular flexibility index (Phi) is 6.67. The van der Waals surface area contributed by atoms with Gasteiger partial charge in [0, 0.05) is 23.5 Å². The molecule has 1 atom stereocenters. The van der Waals surface area contributed by atoms with Crippen LogP contribution in [0.2, 0.25) is 0 Å². The molecule has 5 N–H and O–H groups in total. The van der Waals surface area contributed by atoms with E-state index < -0.39 is 12.0 Å². The van der Waals surface area contributed by atoms with E-state index in [2.05, 4.69) is 15.6 Å². The standard InChI is InChI=1S/C24H26N4O3/c1-14(2)27-23(30)20-12-17(13-26-22(20)25)19-10-9-18(11-15(19)3)28-24(31)21(29)16-7-5-4-6-8-16/h4-14,21,29H,1-3H3,(H2,25,26)(H,27,30)(H,28,31)/t21-/m0/s1. The van der Waals surface area contributed by atoms with Crippen molar-refractivity contribution < 1.29 is 14.7 Å². The maximum absolute atomic E-state index is 12.4. The Morgan fingerprint density at radius 1 is 1.06 bits per heavy atom. The fraction of sp³-hybridized carbons (Fsp3) is 0.208. The summed E-state index contributed by atoms with van der Waals surface area (Å²) in [6, 6.07) is 15.8. The molecular formula is C24H26N4O3. The SMILES string of the molecule is Cc1cc(NC(=O)[C@@H](O)c2ccccc2)ccc1-c1cnc(N)c(C(=O)NC(C)C)c1. The number of carbonyl (C=O) groups excluding carboxylic acids is 2. The Bertz CT molecular complexity index is 1100. The van der Waals surface area contributed by atoms with Gasteiger partial charge in [-0.15, -0.1) is 0 Å². The Labute approximate surface area is 181 Å². The van der Waals surface area contributed by atoms with Gasteiger partial charge in [0.2, 0.25) is 0 Å². The molecule has 160 valence electrons. The number of aliphatic hydroxyl groups excluding tert-OH is 1. The molecule has 0 unspecified atom stereocenters. The van der Waals surface area contributed by atoms with E-state index in [1.807, 2.05) is 32.9 Å². The topological polar surface area (TPSA) is 117 Å². The Balaban J connectivity index is 1.81. The maximum atomic E-state index is 12.4. The quantitative estimate of drug-likeness (QED) is 0.489. The second-order valence-corrected chi connectivity index (χ2v) is 7.62. The van der Waals surface area contributed by atoms with Crippen LogP contribution in [-0.4, -0.2) is 27.9 Å². The molecule has 0 aliphatic rings. The third kappa shape index (κ3) is 5.26. The zero-order valence-corrected chi connectivity index (χ0v) is 17.7. The molecule has 0 saturated heterocycles. The molecule has 7 heteroatoms. The van der Waals surface area contributed by atoms with E-state index in [9.17, 15) is 14.7 Å². The summed E-state index contributed by atoms with van der Waals surface area (Å²) in [4.78, 5) is 29.0. The highest BCUT2D eigenvalue weighted by molar-refractivity contribution is 6.00. The smallest absolute Gasteiger partial charge is 0.257 e. The van der Waals surface area contributed by atoms with Crippen molar-refractivity contribution in [1.29, 1.82) is 0 Å². The third-order valence-corrected chi connectivity index (χ3v) is 4.75. The molecule has 31 heavy (non-hydrogen) atoms. The summed E-state index contributed by atoms with van der Waals surface area (Å²) >= 11 is 0. The second-order valence-electron chi connectivity index (χ2n) is 7.62. The predicted octanol–water partition coefficient (Wildman–Crippen LogP) is 3.45. The molecular weight excluding hydrogens is 392 g/mol. The first-order chi connectivity index (χ1) is 14.8. The zero-order chi connectivity index (χ0) is 22.5. The number of rotatable bonds is 6. The second kappa shape index (κ2) is 9.40. The minimum atomic E-state index is -1.26. The first kappa shape index (κ1) is 22.0. The highest BCUT2D eigenvalue weighted by Crippen LogP contribution is 2.28. The number of anilines is 2. The Hall–Kier alpha value is -3.71. The maximum Gasteiger partial charge on any atom is 0.257 e. The molecule has 0 aliphatic heterocycles. The number of aryl methyl sites for hydroxylation is 1. The number of nitrogens with zero attached hydrogens (tertiary/aromatic N) is 1. The van der Waals surface area contributed by atoms with Gasteiger partial charge in [-0.05, 0) is 55.7 Å². The number of aromatic nitrogens is 1. The molecule has 3 rings (SSSR count). The summed E-state index contributed by atoms with van der Waals surface area (Å²) < 4.78 is 0. The average Bonchev–Trinajstić information content (AvgIpc) is 2.74. The van der Waals surface area contributed by atoms with Gasteiger partial charge in [-0.3, -0.25) is 9.59 Å². The molecule has 1 aromatic heterocycles. The lowest BCUT2D eigenvalue weighted by atomic mass is 9.99. The van der Waals surface area contributed by atoms with Crippen molar-refractivity contribution in [2.45, 2.75) is 32.9 Å². The van der Waals surface area contributed by atoms with Crippen molar-refractivity contribution in [3.8, 4) is 11.1 Å². The average molecular weight is 418 g/mol. The van der Waals surface area contributed by atoms with Crippen LogP contribution in [0.4, 0.5) is 11.5 Å². The van der Waals surface area contributed by atoms with E-state index in [0.29, 0.717) is 16.8 Å². The van der Waals surface area contributed by atoms with Crippen LogP contribution in [0.25, 0.3) is 11.1 Å². The highest BCUT2D eigenvalue weighted by Gasteiger charge is 2.18. The van der Waals surface area contributed by atoms with Crippen LogP contribution in [0, 0.1) is 6.92 Å². The van der Waals surface area contributed by atoms with Crippen LogP contribution in [-0.2, 0) is 4.79 Å². The van der Waals surface area contributed by atoms with E-state index in [4.69, 9.17) is 5.73 Å². The number of nitrogens with one attached hydrogen (secondary N) is 2. The van der Waals surface area contributed by atoms with Gasteiger partial charge in [0.05, 0.1) is 5.56 Å². The summed E-state index contributed by atoms with van der Waals surface area (Å²) in [5, 5.41) is 15.8. The Morgan fingerprint density at radius 3 is 2.42 bits per heavy atom. The molecule has 0 fully saturated rings. The summed E-state index contributed by atoms with van der Waals surface area (Å²) in [6.07, 6.45) is 0.353. The van der Waals surface area contributed by atoms with E-state index in [1.54, 1.807) is 48.7 Å². The van der Waals surface area contributed by atoms with Gasteiger partial charge < -0.3 is 21.5 Å². The molecule has 0 spiro atoms. The summed E-state index contributed by atoms with van der Waals surface area (Å²) in [6.45, 7) is 5.64. The molecule has 1 heterocycles. The lowest BCUT2D eigenvalue weighted by molar-refractivity contribution is -0.124. The molecule has 0 radical (unpaired) electrons. The van der Waals surface area contributed by atoms with Crippen molar-refractivity contribution >= 4 is 23.3 Å². The molecule has 2 amide bonds. The monoisotopic (exact) mass is 418 g/mol. The largest absolute Gasteiger partial charge is 0.383 e. The fourth-order valence-electron chi connectivity index (χ4n) is 3.21. The first-order valence-corrected chi connectivity index (χ1v) is 9.97. The number of aliphatic hydroxyl groups is 1. The van der Waals surface area contributed by atoms with Gasteiger partial charge in [-0.2, -0.15) is 0 Å². The molecule has 0 saturated carbocycles. The van der Waals surface area contributed by atoms with Crippen LogP contribution in [0.1, 0.15) is 41.4 Å². The normalized spacial score (nSPS) is 11.8. The van der Waals surface area contributed by atoms with Crippen LogP contribution >= 0.6 is 0 Å². The van der Waals surface area contributed by atoms with Crippen molar-refractivity contribution in [3.63, 3.8) is 0 Å². The summed E-state index contributed by atoms with van der Waals surface area (Å²) in [7, 11) is 0. The number of hydrogen-bond acceptors (Lipinski definition) is 5. The van der Waals surface area contributed by atoms with Crippen molar-refractivity contribution in [2.75, 3.05) is 11.1 Å². The van der Waals surface area contributed by atoms with E-state index in [-0.39, 0.29) is 17.8 Å². The predicted molar refractivity (Wildman–Crippen MR) is 121 cm³/mol. The van der Waals surface area contributed by atoms with Crippen LogP contribution < -0.4 is 16.4 Å². The molecule has 0 bridgehead atoms. The van der Waals surface area contributed by atoms with Crippen LogP contribution in [0.5, 0.6) is 0 Å². The summed E-state index contributed by atoms with van der Waals surface area (Å²) in [5.41, 5.74) is 9.75. The van der Waals surface area contributed by atoms with Crippen LogP contribution in [0.3, 0.4) is 0 Å². The van der Waals surface area contributed by atoms with Gasteiger partial charge in [0.25, 0.3) is 11.8 Å². The minimum Gasteiger partial charge on any atom is -0.383 e. The van der Waals surface area contributed by atoms with Gasteiger partial charge in [0.15, 0.2) is 6.10 Å². The highest BCUT2D eigenvalue weighted by atomic mass is 16.3. The van der Waals surface area contributed by atoms with Gasteiger partial charge >= 0.3 is 0 Å². The first-order valence-electron chi connectivity index (χ1n) is 9.97. The fourth-order valence-corrected chi connectivity index (χ4v) is 3.21. The van der Waals surface area contributed by atoms with E-state index in [1.165, 1.54) is 0 Å². The number of nitrogen functional groups attached to an aromatic ring is 1. The molecule has 2 aromatic carbocycles.